The summed E-state index contributed by atoms with van der Waals surface area (Å²) in [6.45, 7) is 6.61. The van der Waals surface area contributed by atoms with E-state index in [0.29, 0.717) is 23.8 Å². The number of carbonyl (C=O) groups is 1. The molecule has 0 aliphatic carbocycles. The third kappa shape index (κ3) is 4.65. The van der Waals surface area contributed by atoms with Gasteiger partial charge in [-0.2, -0.15) is 0 Å². The van der Waals surface area contributed by atoms with Crippen LogP contribution in [0.1, 0.15) is 25.8 Å². The van der Waals surface area contributed by atoms with Gasteiger partial charge in [-0.25, -0.2) is 0 Å². The van der Waals surface area contributed by atoms with E-state index in [-0.39, 0.29) is 18.3 Å². The second-order valence-corrected chi connectivity index (χ2v) is 4.72. The first-order valence-corrected chi connectivity index (χ1v) is 6.18. The minimum Gasteiger partial charge on any atom is -0.508 e. The predicted octanol–water partition coefficient (Wildman–Crippen LogP) is 2.24. The highest BCUT2D eigenvalue weighted by atomic mass is 16.5. The van der Waals surface area contributed by atoms with Crippen LogP contribution in [0.3, 0.4) is 0 Å². The highest BCUT2D eigenvalue weighted by Gasteiger charge is 2.06. The summed E-state index contributed by atoms with van der Waals surface area (Å²) < 4.78 is 5.36. The van der Waals surface area contributed by atoms with Crippen molar-refractivity contribution in [1.29, 1.82) is 0 Å². The second-order valence-electron chi connectivity index (χ2n) is 4.72. The molecule has 0 aliphatic heterocycles. The summed E-state index contributed by atoms with van der Waals surface area (Å²) in [5, 5.41) is 12.3. The molecule has 100 valence electrons. The lowest BCUT2D eigenvalue weighted by Crippen LogP contribution is -2.30. The Morgan fingerprint density at radius 1 is 1.44 bits per heavy atom. The number of nitrogens with one attached hydrogen (secondary N) is 1. The van der Waals surface area contributed by atoms with Gasteiger partial charge in [-0.1, -0.05) is 19.9 Å². The van der Waals surface area contributed by atoms with E-state index in [1.165, 1.54) is 0 Å². The largest absolute Gasteiger partial charge is 0.508 e. The van der Waals surface area contributed by atoms with Crippen LogP contribution in [0.15, 0.2) is 18.2 Å². The number of hydrogen-bond donors (Lipinski definition) is 2. The highest BCUT2D eigenvalue weighted by Crippen LogP contribution is 2.25. The Morgan fingerprint density at radius 2 is 2.17 bits per heavy atom. The van der Waals surface area contributed by atoms with Crippen LogP contribution in [0.4, 0.5) is 0 Å². The summed E-state index contributed by atoms with van der Waals surface area (Å²) in [5.74, 6) is 1.14. The molecule has 4 nitrogen and oxygen atoms in total. The van der Waals surface area contributed by atoms with E-state index in [9.17, 15) is 9.90 Å². The van der Waals surface area contributed by atoms with Crippen molar-refractivity contribution in [3.8, 4) is 11.5 Å². The van der Waals surface area contributed by atoms with Crippen LogP contribution >= 0.6 is 0 Å². The fourth-order valence-electron chi connectivity index (χ4n) is 1.45. The molecule has 0 bridgehead atoms. The van der Waals surface area contributed by atoms with E-state index < -0.39 is 0 Å². The fraction of sp³-hybridized carbons (Fsp3) is 0.500. The Morgan fingerprint density at radius 3 is 2.83 bits per heavy atom. The topological polar surface area (TPSA) is 58.6 Å². The normalized spacial score (nSPS) is 10.4. The van der Waals surface area contributed by atoms with Crippen molar-refractivity contribution < 1.29 is 14.6 Å². The van der Waals surface area contributed by atoms with Crippen molar-refractivity contribution in [1.82, 2.24) is 5.32 Å². The quantitative estimate of drug-likeness (QED) is 0.815. The second kappa shape index (κ2) is 6.89. The van der Waals surface area contributed by atoms with Gasteiger partial charge in [0.1, 0.15) is 11.5 Å². The van der Waals surface area contributed by atoms with Crippen molar-refractivity contribution in [2.75, 3.05) is 13.2 Å². The summed E-state index contributed by atoms with van der Waals surface area (Å²) in [6.07, 6.45) is 0.955. The summed E-state index contributed by atoms with van der Waals surface area (Å²) in [7, 11) is 0. The van der Waals surface area contributed by atoms with Crippen LogP contribution in [0, 0.1) is 12.8 Å². The number of aromatic hydroxyl groups is 1. The van der Waals surface area contributed by atoms with Crippen molar-refractivity contribution in [2.24, 2.45) is 5.92 Å². The molecular formula is C14H21NO3. The Kier molecular flexibility index (Phi) is 5.49. The molecule has 2 N–H and O–H groups in total. The Hall–Kier alpha value is -1.71. The van der Waals surface area contributed by atoms with E-state index in [0.717, 1.165) is 6.42 Å². The molecule has 0 heterocycles. The molecule has 0 aliphatic rings. The molecule has 1 aromatic rings. The molecule has 0 saturated heterocycles. The predicted molar refractivity (Wildman–Crippen MR) is 70.8 cm³/mol. The summed E-state index contributed by atoms with van der Waals surface area (Å²) in [4.78, 5) is 11.5. The fourth-order valence-corrected chi connectivity index (χ4v) is 1.45. The Labute approximate surface area is 108 Å². The van der Waals surface area contributed by atoms with E-state index in [1.54, 1.807) is 25.1 Å². The van der Waals surface area contributed by atoms with Crippen LogP contribution in [0.25, 0.3) is 0 Å². The lowest BCUT2D eigenvalue weighted by molar-refractivity contribution is -0.123. The van der Waals surface area contributed by atoms with Gasteiger partial charge in [0.2, 0.25) is 0 Å². The molecule has 1 aromatic carbocycles. The number of ether oxygens (including phenoxy) is 1. The molecule has 0 fully saturated rings. The Bertz CT molecular complexity index is 402. The zero-order valence-electron chi connectivity index (χ0n) is 11.2. The molecule has 0 atom stereocenters. The molecule has 18 heavy (non-hydrogen) atoms. The lowest BCUT2D eigenvalue weighted by atomic mass is 10.1. The highest BCUT2D eigenvalue weighted by molar-refractivity contribution is 5.77. The van der Waals surface area contributed by atoms with Gasteiger partial charge in [0.25, 0.3) is 5.91 Å². The van der Waals surface area contributed by atoms with Crippen LogP contribution < -0.4 is 10.1 Å². The maximum absolute atomic E-state index is 11.5. The molecule has 0 unspecified atom stereocenters. The van der Waals surface area contributed by atoms with E-state index in [1.807, 2.05) is 0 Å². The van der Waals surface area contributed by atoms with Gasteiger partial charge in [0.15, 0.2) is 6.61 Å². The molecule has 0 aromatic heterocycles. The van der Waals surface area contributed by atoms with Gasteiger partial charge < -0.3 is 15.2 Å². The van der Waals surface area contributed by atoms with Gasteiger partial charge in [0, 0.05) is 12.1 Å². The standard InChI is InChI=1S/C14H21NO3/c1-10(2)7-8-15-14(17)9-18-13-6-4-5-12(16)11(13)3/h4-6,10,16H,7-9H2,1-3H3,(H,15,17). The SMILES string of the molecule is Cc1c(O)cccc1OCC(=O)NCCC(C)C. The summed E-state index contributed by atoms with van der Waals surface area (Å²) >= 11 is 0. The van der Waals surface area contributed by atoms with Gasteiger partial charge in [-0.05, 0) is 31.4 Å². The van der Waals surface area contributed by atoms with Crippen LogP contribution in [-0.4, -0.2) is 24.2 Å². The molecular weight excluding hydrogens is 230 g/mol. The average molecular weight is 251 g/mol. The minimum atomic E-state index is -0.140. The lowest BCUT2D eigenvalue weighted by Gasteiger charge is -2.11. The van der Waals surface area contributed by atoms with Gasteiger partial charge in [-0.3, -0.25) is 4.79 Å². The first kappa shape index (κ1) is 14.4. The molecule has 0 radical (unpaired) electrons. The summed E-state index contributed by atoms with van der Waals surface area (Å²) in [6, 6.07) is 5.01. The molecule has 0 saturated carbocycles. The number of benzene rings is 1. The first-order valence-electron chi connectivity index (χ1n) is 6.18. The maximum atomic E-state index is 11.5. The number of carbonyl (C=O) groups excluding carboxylic acids is 1. The molecule has 0 spiro atoms. The summed E-state index contributed by atoms with van der Waals surface area (Å²) in [5.41, 5.74) is 0.646. The smallest absolute Gasteiger partial charge is 0.257 e. The number of phenols is 1. The van der Waals surface area contributed by atoms with Gasteiger partial charge in [0.05, 0.1) is 0 Å². The third-order valence-electron chi connectivity index (χ3n) is 2.66. The van der Waals surface area contributed by atoms with E-state index in [4.69, 9.17) is 4.74 Å². The minimum absolute atomic E-state index is 0.0254. The Balaban J connectivity index is 2.36. The number of hydrogen-bond acceptors (Lipinski definition) is 3. The number of rotatable bonds is 6. The monoisotopic (exact) mass is 251 g/mol. The van der Waals surface area contributed by atoms with Crippen LogP contribution in [0.2, 0.25) is 0 Å². The molecule has 1 rings (SSSR count). The third-order valence-corrected chi connectivity index (χ3v) is 2.66. The van der Waals surface area contributed by atoms with Crippen molar-refractivity contribution >= 4 is 5.91 Å². The zero-order valence-corrected chi connectivity index (χ0v) is 11.2. The number of amides is 1. The van der Waals surface area contributed by atoms with Crippen molar-refractivity contribution in [3.63, 3.8) is 0 Å². The van der Waals surface area contributed by atoms with Crippen LogP contribution in [-0.2, 0) is 4.79 Å². The zero-order chi connectivity index (χ0) is 13.5. The van der Waals surface area contributed by atoms with Gasteiger partial charge >= 0.3 is 0 Å². The van der Waals surface area contributed by atoms with E-state index in [2.05, 4.69) is 19.2 Å². The van der Waals surface area contributed by atoms with Gasteiger partial charge in [-0.15, -0.1) is 0 Å². The van der Waals surface area contributed by atoms with E-state index >= 15 is 0 Å². The van der Waals surface area contributed by atoms with Crippen molar-refractivity contribution in [2.45, 2.75) is 27.2 Å². The van der Waals surface area contributed by atoms with Crippen molar-refractivity contribution in [3.05, 3.63) is 23.8 Å². The maximum Gasteiger partial charge on any atom is 0.257 e. The average Bonchev–Trinajstić information content (AvgIpc) is 2.30. The van der Waals surface area contributed by atoms with Crippen LogP contribution in [0.5, 0.6) is 11.5 Å². The molecule has 4 heteroatoms. The first-order chi connectivity index (χ1) is 8.50. The molecule has 1 amide bonds. The number of phenolic OH excluding ortho intramolecular Hbond substituents is 1.